The van der Waals surface area contributed by atoms with Crippen LogP contribution in [0.2, 0.25) is 5.02 Å². The van der Waals surface area contributed by atoms with E-state index in [4.69, 9.17) is 11.6 Å². The monoisotopic (exact) mass is 247 g/mol. The number of ketones is 1. The molecule has 0 N–H and O–H groups in total. The summed E-state index contributed by atoms with van der Waals surface area (Å²) in [5.74, 6) is 0.580. The van der Waals surface area contributed by atoms with Crippen molar-refractivity contribution in [3.63, 3.8) is 0 Å². The lowest BCUT2D eigenvalue weighted by atomic mass is 9.84. The molecule has 0 spiro atoms. The number of allylic oxidation sites excluding steroid dienone is 1. The molecular weight excluding hydrogens is 234 g/mol. The van der Waals surface area contributed by atoms with E-state index in [0.29, 0.717) is 5.78 Å². The molecule has 3 aliphatic rings. The van der Waals surface area contributed by atoms with Gasteiger partial charge >= 0.3 is 0 Å². The van der Waals surface area contributed by atoms with E-state index in [1.165, 1.54) is 0 Å². The summed E-state index contributed by atoms with van der Waals surface area (Å²) in [5, 5.41) is 0.726. The fourth-order valence-electron chi connectivity index (χ4n) is 2.63. The minimum Gasteiger partial charge on any atom is -0.369 e. The Morgan fingerprint density at radius 3 is 2.41 bits per heavy atom. The van der Waals surface area contributed by atoms with Crippen molar-refractivity contribution in [3.05, 3.63) is 40.5 Å². The van der Waals surface area contributed by atoms with Gasteiger partial charge in [-0.2, -0.15) is 0 Å². The highest BCUT2D eigenvalue weighted by Crippen LogP contribution is 2.32. The molecule has 2 bridgehead atoms. The van der Waals surface area contributed by atoms with E-state index in [1.807, 2.05) is 30.3 Å². The van der Waals surface area contributed by atoms with Crippen LogP contribution in [0.4, 0.5) is 0 Å². The average Bonchev–Trinajstić information content (AvgIpc) is 2.37. The molecule has 0 unspecified atom stereocenters. The van der Waals surface area contributed by atoms with Crippen molar-refractivity contribution in [2.75, 3.05) is 13.1 Å². The highest BCUT2D eigenvalue weighted by Gasteiger charge is 2.36. The van der Waals surface area contributed by atoms with E-state index in [0.717, 1.165) is 42.2 Å². The number of hydrogen-bond donors (Lipinski definition) is 0. The number of piperidine rings is 3. The SMILES string of the molecule is O=C1/C(=C\c2ccc(Cl)cc2)N2CCC1CC2. The lowest BCUT2D eigenvalue weighted by Gasteiger charge is -2.41. The van der Waals surface area contributed by atoms with Crippen LogP contribution in [-0.2, 0) is 4.79 Å². The third-order valence-electron chi connectivity index (χ3n) is 3.63. The number of rotatable bonds is 1. The number of carbonyl (C=O) groups is 1. The van der Waals surface area contributed by atoms with Gasteiger partial charge in [-0.05, 0) is 36.6 Å². The Labute approximate surface area is 106 Å². The largest absolute Gasteiger partial charge is 0.369 e. The van der Waals surface area contributed by atoms with Crippen LogP contribution in [0.3, 0.4) is 0 Å². The first-order chi connectivity index (χ1) is 8.24. The van der Waals surface area contributed by atoms with Crippen LogP contribution in [0, 0.1) is 5.92 Å². The molecule has 3 aliphatic heterocycles. The van der Waals surface area contributed by atoms with Gasteiger partial charge in [0.05, 0.1) is 5.70 Å². The fraction of sp³-hybridized carbons (Fsp3) is 0.357. The Kier molecular flexibility index (Phi) is 2.67. The van der Waals surface area contributed by atoms with Crippen LogP contribution in [0.1, 0.15) is 18.4 Å². The van der Waals surface area contributed by atoms with E-state index < -0.39 is 0 Å². The van der Waals surface area contributed by atoms with E-state index in [-0.39, 0.29) is 5.92 Å². The molecule has 17 heavy (non-hydrogen) atoms. The molecule has 1 aromatic rings. The van der Waals surface area contributed by atoms with Crippen molar-refractivity contribution < 1.29 is 4.79 Å². The van der Waals surface area contributed by atoms with Gasteiger partial charge in [-0.25, -0.2) is 0 Å². The standard InChI is InChI=1S/C14H14ClNO/c15-12-3-1-10(2-4-12)9-13-14(17)11-5-7-16(13)8-6-11/h1-4,9,11H,5-8H2/b13-9+. The number of benzene rings is 1. The van der Waals surface area contributed by atoms with Gasteiger partial charge in [0.2, 0.25) is 0 Å². The zero-order chi connectivity index (χ0) is 11.8. The van der Waals surface area contributed by atoms with Crippen molar-refractivity contribution in [2.45, 2.75) is 12.8 Å². The number of carbonyl (C=O) groups excluding carboxylic acids is 1. The lowest BCUT2D eigenvalue weighted by molar-refractivity contribution is -0.125. The molecule has 0 aromatic heterocycles. The summed E-state index contributed by atoms with van der Waals surface area (Å²) in [7, 11) is 0. The van der Waals surface area contributed by atoms with E-state index in [2.05, 4.69) is 4.90 Å². The predicted molar refractivity (Wildman–Crippen MR) is 68.7 cm³/mol. The molecule has 3 fully saturated rings. The van der Waals surface area contributed by atoms with Crippen molar-refractivity contribution in [1.29, 1.82) is 0 Å². The van der Waals surface area contributed by atoms with Crippen LogP contribution in [-0.4, -0.2) is 23.8 Å². The third kappa shape index (κ3) is 1.98. The molecular formula is C14H14ClNO. The van der Waals surface area contributed by atoms with Crippen molar-refractivity contribution in [1.82, 2.24) is 4.90 Å². The van der Waals surface area contributed by atoms with Crippen LogP contribution < -0.4 is 0 Å². The molecule has 2 nitrogen and oxygen atoms in total. The maximum Gasteiger partial charge on any atom is 0.182 e. The second-order valence-corrected chi connectivity index (χ2v) is 5.14. The highest BCUT2D eigenvalue weighted by molar-refractivity contribution is 6.30. The van der Waals surface area contributed by atoms with E-state index >= 15 is 0 Å². The minimum atomic E-state index is 0.263. The van der Waals surface area contributed by atoms with Gasteiger partial charge in [0.1, 0.15) is 0 Å². The third-order valence-corrected chi connectivity index (χ3v) is 3.88. The summed E-state index contributed by atoms with van der Waals surface area (Å²) in [6.45, 7) is 2.05. The number of hydrogen-bond acceptors (Lipinski definition) is 2. The number of Topliss-reactive ketones (excluding diaryl/α,β-unsaturated/α-hetero) is 1. The Morgan fingerprint density at radius 1 is 1.18 bits per heavy atom. The summed E-state index contributed by atoms with van der Waals surface area (Å²) >= 11 is 5.85. The molecule has 88 valence electrons. The topological polar surface area (TPSA) is 20.3 Å². The normalized spacial score (nSPS) is 22.5. The summed E-state index contributed by atoms with van der Waals surface area (Å²) in [4.78, 5) is 14.3. The summed E-state index contributed by atoms with van der Waals surface area (Å²) in [5.41, 5.74) is 1.93. The maximum absolute atomic E-state index is 12.1. The Balaban J connectivity index is 1.93. The van der Waals surface area contributed by atoms with Gasteiger partial charge in [0.25, 0.3) is 0 Å². The van der Waals surface area contributed by atoms with Gasteiger partial charge in [0.15, 0.2) is 5.78 Å². The molecule has 3 heterocycles. The molecule has 4 rings (SSSR count). The zero-order valence-electron chi connectivity index (χ0n) is 9.53. The quantitative estimate of drug-likeness (QED) is 0.711. The molecule has 0 radical (unpaired) electrons. The molecule has 0 atom stereocenters. The maximum atomic E-state index is 12.1. The Morgan fingerprint density at radius 2 is 1.82 bits per heavy atom. The van der Waals surface area contributed by atoms with Crippen molar-refractivity contribution >= 4 is 23.5 Å². The van der Waals surface area contributed by atoms with Gasteiger partial charge in [0, 0.05) is 24.0 Å². The highest BCUT2D eigenvalue weighted by atomic mass is 35.5. The number of nitrogens with zero attached hydrogens (tertiary/aromatic N) is 1. The van der Waals surface area contributed by atoms with Crippen molar-refractivity contribution in [2.24, 2.45) is 5.92 Å². The summed E-state index contributed by atoms with van der Waals surface area (Å²) < 4.78 is 0. The van der Waals surface area contributed by atoms with E-state index in [1.54, 1.807) is 0 Å². The van der Waals surface area contributed by atoms with Crippen LogP contribution in [0.5, 0.6) is 0 Å². The Hall–Kier alpha value is -1.28. The van der Waals surface area contributed by atoms with Gasteiger partial charge < -0.3 is 4.90 Å². The second-order valence-electron chi connectivity index (χ2n) is 4.71. The summed E-state index contributed by atoms with van der Waals surface area (Å²) in [6.07, 6.45) is 4.04. The number of fused-ring (bicyclic) bond motifs is 3. The smallest absolute Gasteiger partial charge is 0.182 e. The van der Waals surface area contributed by atoms with E-state index in [9.17, 15) is 4.79 Å². The minimum absolute atomic E-state index is 0.263. The van der Waals surface area contributed by atoms with Gasteiger partial charge in [-0.1, -0.05) is 23.7 Å². The zero-order valence-corrected chi connectivity index (χ0v) is 10.3. The fourth-order valence-corrected chi connectivity index (χ4v) is 2.75. The molecule has 3 heteroatoms. The molecule has 1 aromatic carbocycles. The van der Waals surface area contributed by atoms with Crippen LogP contribution in [0.15, 0.2) is 30.0 Å². The molecule has 0 aliphatic carbocycles. The lowest BCUT2D eigenvalue weighted by Crippen LogP contribution is -2.45. The van der Waals surface area contributed by atoms with Crippen molar-refractivity contribution in [3.8, 4) is 0 Å². The predicted octanol–water partition coefficient (Wildman–Crippen LogP) is 2.98. The summed E-state index contributed by atoms with van der Waals surface area (Å²) in [6, 6.07) is 7.61. The first-order valence-corrected chi connectivity index (χ1v) is 6.38. The first kappa shape index (κ1) is 10.8. The average molecular weight is 248 g/mol. The molecule has 0 saturated carbocycles. The van der Waals surface area contributed by atoms with Crippen LogP contribution >= 0.6 is 11.6 Å². The Bertz CT molecular complexity index is 470. The number of halogens is 1. The first-order valence-electron chi connectivity index (χ1n) is 6.00. The van der Waals surface area contributed by atoms with Gasteiger partial charge in [-0.3, -0.25) is 4.79 Å². The van der Waals surface area contributed by atoms with Gasteiger partial charge in [-0.15, -0.1) is 0 Å². The molecule has 3 saturated heterocycles. The van der Waals surface area contributed by atoms with Crippen LogP contribution in [0.25, 0.3) is 6.08 Å². The second kappa shape index (κ2) is 4.19. The molecule has 0 amide bonds.